The van der Waals surface area contributed by atoms with E-state index in [1.54, 1.807) is 6.07 Å². The summed E-state index contributed by atoms with van der Waals surface area (Å²) in [6.07, 6.45) is 8.96. The fourth-order valence-corrected chi connectivity index (χ4v) is 4.53. The van der Waals surface area contributed by atoms with Crippen LogP contribution in [0.4, 0.5) is 4.39 Å². The third-order valence-electron chi connectivity index (χ3n) is 6.69. The summed E-state index contributed by atoms with van der Waals surface area (Å²) in [5, 5.41) is 23.9. The number of aliphatic carboxylic acids is 1. The molecule has 0 spiro atoms. The largest absolute Gasteiger partial charge is 0.494 e. The molecule has 3 aromatic heterocycles. The fraction of sp³-hybridized carbons (Fsp3) is 0.308. The first kappa shape index (κ1) is 27.5. The van der Waals surface area contributed by atoms with Crippen molar-refractivity contribution in [2.24, 2.45) is 11.6 Å². The van der Waals surface area contributed by atoms with Gasteiger partial charge in [0.2, 0.25) is 0 Å². The molecular formula is C26H29FN10O4. The minimum Gasteiger partial charge on any atom is -0.494 e. The van der Waals surface area contributed by atoms with E-state index in [4.69, 9.17) is 21.4 Å². The number of carbonyl (C=O) groups excluding carboxylic acids is 1. The van der Waals surface area contributed by atoms with Gasteiger partial charge in [-0.1, -0.05) is 6.07 Å². The van der Waals surface area contributed by atoms with Crippen molar-refractivity contribution in [3.63, 3.8) is 0 Å². The maximum Gasteiger partial charge on any atom is 0.303 e. The number of imidazole rings is 1. The van der Waals surface area contributed by atoms with Crippen LogP contribution in [0.2, 0.25) is 0 Å². The summed E-state index contributed by atoms with van der Waals surface area (Å²) < 4.78 is 23.2. The van der Waals surface area contributed by atoms with Crippen molar-refractivity contribution in [2.75, 3.05) is 7.11 Å². The number of carboxylic acid groups (broad SMARTS) is 1. The van der Waals surface area contributed by atoms with Gasteiger partial charge in [0, 0.05) is 37.1 Å². The third-order valence-corrected chi connectivity index (χ3v) is 6.69. The van der Waals surface area contributed by atoms with Crippen LogP contribution in [-0.4, -0.2) is 58.7 Å². The van der Waals surface area contributed by atoms with Gasteiger partial charge in [0.15, 0.2) is 11.6 Å². The van der Waals surface area contributed by atoms with Crippen LogP contribution < -0.4 is 21.6 Å². The first-order chi connectivity index (χ1) is 19.7. The highest BCUT2D eigenvalue weighted by molar-refractivity contribution is 5.92. The van der Waals surface area contributed by atoms with Gasteiger partial charge in [-0.25, -0.2) is 19.9 Å². The second kappa shape index (κ2) is 11.6. The highest BCUT2D eigenvalue weighted by Crippen LogP contribution is 2.40. The van der Waals surface area contributed by atoms with Crippen LogP contribution in [0, 0.1) is 5.82 Å². The molecule has 214 valence electrons. The van der Waals surface area contributed by atoms with Crippen molar-refractivity contribution < 1.29 is 23.8 Å². The van der Waals surface area contributed by atoms with Gasteiger partial charge in [-0.15, -0.1) is 5.10 Å². The van der Waals surface area contributed by atoms with Crippen LogP contribution in [0.15, 0.2) is 48.8 Å². The van der Waals surface area contributed by atoms with Crippen molar-refractivity contribution in [1.29, 1.82) is 0 Å². The van der Waals surface area contributed by atoms with Crippen LogP contribution in [0.3, 0.4) is 0 Å². The zero-order valence-electron chi connectivity index (χ0n) is 22.2. The smallest absolute Gasteiger partial charge is 0.303 e. The quantitative estimate of drug-likeness (QED) is 0.110. The summed E-state index contributed by atoms with van der Waals surface area (Å²) in [4.78, 5) is 28.5. The second-order valence-corrected chi connectivity index (χ2v) is 9.70. The molecule has 3 heterocycles. The van der Waals surface area contributed by atoms with Crippen LogP contribution >= 0.6 is 0 Å². The SMILES string of the molecule is COc1ccc(-n2cnnn2)c(CNC(=O)/C(N)=C/N(N)Cc2cn3cc(C4CC4)cc(CCC(=O)O)c3n2)c1F. The van der Waals surface area contributed by atoms with E-state index in [0.29, 0.717) is 29.4 Å². The number of pyridine rings is 1. The van der Waals surface area contributed by atoms with Crippen LogP contribution in [0.25, 0.3) is 11.3 Å². The summed E-state index contributed by atoms with van der Waals surface area (Å²) in [6.45, 7) is -0.105. The predicted molar refractivity (Wildman–Crippen MR) is 143 cm³/mol. The summed E-state index contributed by atoms with van der Waals surface area (Å²) in [5.74, 6) is 4.36. The first-order valence-electron chi connectivity index (χ1n) is 12.8. The molecule has 0 radical (unpaired) electrons. The van der Waals surface area contributed by atoms with Gasteiger partial charge in [0.1, 0.15) is 17.7 Å². The van der Waals surface area contributed by atoms with Gasteiger partial charge >= 0.3 is 5.97 Å². The number of hydrazine groups is 1. The third kappa shape index (κ3) is 6.24. The summed E-state index contributed by atoms with van der Waals surface area (Å²) in [7, 11) is 1.33. The molecular weight excluding hydrogens is 535 g/mol. The molecule has 0 saturated heterocycles. The van der Waals surface area contributed by atoms with Gasteiger partial charge in [-0.3, -0.25) is 9.59 Å². The van der Waals surface area contributed by atoms with Crippen LogP contribution in [-0.2, 0) is 29.1 Å². The molecule has 0 atom stereocenters. The Balaban J connectivity index is 1.28. The van der Waals surface area contributed by atoms with E-state index in [1.807, 2.05) is 22.9 Å². The molecule has 1 aliphatic rings. The fourth-order valence-electron chi connectivity index (χ4n) is 4.53. The lowest BCUT2D eigenvalue weighted by Gasteiger charge is -2.15. The topological polar surface area (TPSA) is 192 Å². The Kier molecular flexibility index (Phi) is 7.78. The Hall–Kier alpha value is -5.05. The molecule has 5 rings (SSSR count). The number of aromatic nitrogens is 6. The number of nitrogens with zero attached hydrogens (tertiary/aromatic N) is 7. The molecule has 6 N–H and O–H groups in total. The highest BCUT2D eigenvalue weighted by Gasteiger charge is 2.25. The second-order valence-electron chi connectivity index (χ2n) is 9.70. The zero-order valence-corrected chi connectivity index (χ0v) is 22.2. The number of benzene rings is 1. The molecule has 0 aliphatic heterocycles. The minimum absolute atomic E-state index is 0.000246. The Labute approximate surface area is 233 Å². The molecule has 41 heavy (non-hydrogen) atoms. The zero-order chi connectivity index (χ0) is 29.1. The molecule has 1 aromatic carbocycles. The molecule has 0 unspecified atom stereocenters. The lowest BCUT2D eigenvalue weighted by molar-refractivity contribution is -0.137. The Bertz CT molecular complexity index is 1610. The molecule has 1 aliphatic carbocycles. The number of amides is 1. The number of ether oxygens (including phenoxy) is 1. The predicted octanol–water partition coefficient (Wildman–Crippen LogP) is 1.14. The number of hydrogen-bond acceptors (Lipinski definition) is 10. The number of methoxy groups -OCH3 is 1. The summed E-state index contributed by atoms with van der Waals surface area (Å²) in [5.41, 5.74) is 9.45. The minimum atomic E-state index is -0.875. The average molecular weight is 565 g/mol. The molecule has 4 aromatic rings. The highest BCUT2D eigenvalue weighted by atomic mass is 19.1. The average Bonchev–Trinajstić information content (AvgIpc) is 3.49. The Morgan fingerprint density at radius 1 is 1.32 bits per heavy atom. The van der Waals surface area contributed by atoms with E-state index in [2.05, 4.69) is 25.8 Å². The number of tetrazole rings is 1. The monoisotopic (exact) mass is 564 g/mol. The normalized spacial score (nSPS) is 13.4. The molecule has 1 saturated carbocycles. The van der Waals surface area contributed by atoms with E-state index >= 15 is 4.39 Å². The molecule has 1 amide bonds. The van der Waals surface area contributed by atoms with E-state index in [9.17, 15) is 9.59 Å². The Morgan fingerprint density at radius 3 is 2.80 bits per heavy atom. The molecule has 15 heteroatoms. The van der Waals surface area contributed by atoms with Crippen molar-refractivity contribution in [1.82, 2.24) is 39.9 Å². The van der Waals surface area contributed by atoms with Gasteiger partial charge < -0.3 is 30.3 Å². The van der Waals surface area contributed by atoms with E-state index in [0.717, 1.165) is 24.0 Å². The van der Waals surface area contributed by atoms with Gasteiger partial charge in [-0.2, -0.15) is 0 Å². The molecule has 14 nitrogen and oxygen atoms in total. The van der Waals surface area contributed by atoms with Crippen molar-refractivity contribution in [3.8, 4) is 11.4 Å². The van der Waals surface area contributed by atoms with E-state index in [1.165, 1.54) is 35.4 Å². The van der Waals surface area contributed by atoms with Crippen molar-refractivity contribution >= 4 is 17.5 Å². The number of rotatable bonds is 12. The van der Waals surface area contributed by atoms with Crippen molar-refractivity contribution in [2.45, 2.75) is 44.7 Å². The lowest BCUT2D eigenvalue weighted by Crippen LogP contribution is -2.33. The number of carboxylic acids is 1. The number of nitrogens with two attached hydrogens (primary N) is 2. The number of carbonyl (C=O) groups is 2. The van der Waals surface area contributed by atoms with Crippen molar-refractivity contribution in [3.05, 3.63) is 77.0 Å². The van der Waals surface area contributed by atoms with Gasteiger partial charge in [0.25, 0.3) is 5.91 Å². The van der Waals surface area contributed by atoms with Crippen LogP contribution in [0.5, 0.6) is 5.75 Å². The maximum absolute atomic E-state index is 15.0. The van der Waals surface area contributed by atoms with E-state index < -0.39 is 17.7 Å². The first-order valence-corrected chi connectivity index (χ1v) is 12.8. The molecule has 0 bridgehead atoms. The maximum atomic E-state index is 15.0. The number of halogens is 1. The molecule has 1 fully saturated rings. The number of aryl methyl sites for hydroxylation is 1. The van der Waals surface area contributed by atoms with E-state index in [-0.39, 0.29) is 36.5 Å². The lowest BCUT2D eigenvalue weighted by atomic mass is 10.1. The standard InChI is InChI=1S/C26H29FN10O4/c1-41-22-6-5-21(37-14-31-33-34-37)19(24(22)27)9-30-26(40)20(28)13-36(29)12-18-11-35-10-17(15-2-3-15)8-16(25(35)32-18)4-7-23(38)39/h5-6,8,10-11,13-15H,2-4,7,9,12,28-29H2,1H3,(H,30,40)(H,38,39)/b20-13-. The number of nitrogens with one attached hydrogen (secondary N) is 1. The number of fused-ring (bicyclic) bond motifs is 1. The summed E-state index contributed by atoms with van der Waals surface area (Å²) >= 11 is 0. The number of hydrogen-bond donors (Lipinski definition) is 4. The van der Waals surface area contributed by atoms with Gasteiger partial charge in [-0.05, 0) is 58.9 Å². The summed E-state index contributed by atoms with van der Waals surface area (Å²) in [6, 6.07) is 5.03. The van der Waals surface area contributed by atoms with Gasteiger partial charge in [0.05, 0.1) is 25.0 Å². The van der Waals surface area contributed by atoms with Crippen LogP contribution in [0.1, 0.15) is 47.6 Å². The Morgan fingerprint density at radius 2 is 2.12 bits per heavy atom.